The van der Waals surface area contributed by atoms with Gasteiger partial charge >= 0.3 is 6.03 Å². The van der Waals surface area contributed by atoms with Gasteiger partial charge < -0.3 is 20.1 Å². The summed E-state index contributed by atoms with van der Waals surface area (Å²) in [5.74, 6) is 1.86. The number of benzene rings is 1. The topological polar surface area (TPSA) is 72.5 Å². The molecule has 24 heavy (non-hydrogen) atoms. The Morgan fingerprint density at radius 3 is 2.88 bits per heavy atom. The maximum Gasteiger partial charge on any atom is 0.315 e. The second kappa shape index (κ2) is 6.39. The Morgan fingerprint density at radius 1 is 1.12 bits per heavy atom. The van der Waals surface area contributed by atoms with E-state index >= 15 is 0 Å². The molecule has 2 amide bonds. The highest BCUT2D eigenvalue weighted by molar-refractivity contribution is 5.74. The zero-order chi connectivity index (χ0) is 16.4. The van der Waals surface area contributed by atoms with E-state index in [4.69, 9.17) is 9.47 Å². The quantitative estimate of drug-likeness (QED) is 0.901. The zero-order valence-corrected chi connectivity index (χ0v) is 13.3. The van der Waals surface area contributed by atoms with Crippen molar-refractivity contribution in [3.63, 3.8) is 0 Å². The van der Waals surface area contributed by atoms with Crippen molar-refractivity contribution in [3.8, 4) is 11.5 Å². The predicted octanol–water partition coefficient (Wildman–Crippen LogP) is 1.95. The SMILES string of the molecule is O=C(NCc1ccccn1)NCc1c2c(cc3c1OCC3)OCC2. The molecule has 0 radical (unpaired) electrons. The summed E-state index contributed by atoms with van der Waals surface area (Å²) in [6.07, 6.45) is 3.46. The van der Waals surface area contributed by atoms with Crippen LogP contribution in [0.25, 0.3) is 0 Å². The van der Waals surface area contributed by atoms with Gasteiger partial charge in [0.1, 0.15) is 11.5 Å². The molecule has 1 aromatic carbocycles. The van der Waals surface area contributed by atoms with Crippen LogP contribution in [-0.4, -0.2) is 24.2 Å². The van der Waals surface area contributed by atoms with E-state index in [0.29, 0.717) is 26.3 Å². The molecule has 6 heteroatoms. The number of rotatable bonds is 4. The third-order valence-electron chi connectivity index (χ3n) is 4.34. The highest BCUT2D eigenvalue weighted by atomic mass is 16.5. The first-order chi connectivity index (χ1) is 11.8. The number of carbonyl (C=O) groups excluding carboxylic acids is 1. The number of nitrogens with one attached hydrogen (secondary N) is 2. The number of hydrogen-bond acceptors (Lipinski definition) is 4. The largest absolute Gasteiger partial charge is 0.493 e. The summed E-state index contributed by atoms with van der Waals surface area (Å²) in [6, 6.07) is 7.49. The van der Waals surface area contributed by atoms with Gasteiger partial charge in [-0.05, 0) is 18.2 Å². The number of amides is 2. The van der Waals surface area contributed by atoms with E-state index in [1.165, 1.54) is 5.56 Å². The Morgan fingerprint density at radius 2 is 2.00 bits per heavy atom. The van der Waals surface area contributed by atoms with Crippen molar-refractivity contribution in [1.82, 2.24) is 15.6 Å². The van der Waals surface area contributed by atoms with Crippen molar-refractivity contribution < 1.29 is 14.3 Å². The number of urea groups is 1. The monoisotopic (exact) mass is 325 g/mol. The highest BCUT2D eigenvalue weighted by Gasteiger charge is 2.26. The van der Waals surface area contributed by atoms with Gasteiger partial charge in [-0.1, -0.05) is 6.07 Å². The molecule has 0 saturated carbocycles. The molecule has 0 fully saturated rings. The van der Waals surface area contributed by atoms with Crippen LogP contribution in [0.2, 0.25) is 0 Å². The minimum absolute atomic E-state index is 0.219. The summed E-state index contributed by atoms with van der Waals surface area (Å²) < 4.78 is 11.5. The maximum atomic E-state index is 12.1. The van der Waals surface area contributed by atoms with Gasteiger partial charge in [-0.15, -0.1) is 0 Å². The number of hydrogen-bond donors (Lipinski definition) is 2. The second-order valence-electron chi connectivity index (χ2n) is 5.87. The lowest BCUT2D eigenvalue weighted by Gasteiger charge is -2.14. The molecular formula is C18H19N3O3. The Kier molecular flexibility index (Phi) is 3.94. The molecule has 6 nitrogen and oxygen atoms in total. The fourth-order valence-electron chi connectivity index (χ4n) is 3.18. The molecular weight excluding hydrogens is 306 g/mol. The Balaban J connectivity index is 1.42. The summed E-state index contributed by atoms with van der Waals surface area (Å²) in [4.78, 5) is 16.3. The molecule has 2 N–H and O–H groups in total. The Labute approximate surface area is 140 Å². The van der Waals surface area contributed by atoms with Crippen LogP contribution in [0.5, 0.6) is 11.5 Å². The van der Waals surface area contributed by atoms with Crippen molar-refractivity contribution in [1.29, 1.82) is 0 Å². The Bertz CT molecular complexity index is 730. The molecule has 0 atom stereocenters. The van der Waals surface area contributed by atoms with Crippen LogP contribution in [0.15, 0.2) is 30.5 Å². The molecule has 0 spiro atoms. The first-order valence-corrected chi connectivity index (χ1v) is 8.16. The molecule has 1 aromatic heterocycles. The van der Waals surface area contributed by atoms with Crippen LogP contribution in [0.1, 0.15) is 22.4 Å². The average Bonchev–Trinajstić information content (AvgIpc) is 3.26. The molecule has 2 aliphatic rings. The molecule has 124 valence electrons. The molecule has 0 unspecified atom stereocenters. The number of carbonyl (C=O) groups is 1. The van der Waals surface area contributed by atoms with E-state index in [-0.39, 0.29) is 6.03 Å². The van der Waals surface area contributed by atoms with Crippen molar-refractivity contribution in [2.75, 3.05) is 13.2 Å². The molecule has 2 aromatic rings. The molecule has 4 rings (SSSR count). The zero-order valence-electron chi connectivity index (χ0n) is 13.3. The smallest absolute Gasteiger partial charge is 0.315 e. The third-order valence-corrected chi connectivity index (χ3v) is 4.34. The molecule has 3 heterocycles. The van der Waals surface area contributed by atoms with Crippen LogP contribution < -0.4 is 20.1 Å². The van der Waals surface area contributed by atoms with Gasteiger partial charge in [0.2, 0.25) is 0 Å². The maximum absolute atomic E-state index is 12.1. The lowest BCUT2D eigenvalue weighted by atomic mass is 9.99. The fraction of sp³-hybridized carbons (Fsp3) is 0.333. The summed E-state index contributed by atoms with van der Waals surface area (Å²) in [5.41, 5.74) is 4.19. The Hall–Kier alpha value is -2.76. The van der Waals surface area contributed by atoms with E-state index in [9.17, 15) is 4.79 Å². The van der Waals surface area contributed by atoms with E-state index in [1.807, 2.05) is 18.2 Å². The fourth-order valence-corrected chi connectivity index (χ4v) is 3.18. The van der Waals surface area contributed by atoms with E-state index in [0.717, 1.165) is 41.2 Å². The molecule has 0 saturated heterocycles. The van der Waals surface area contributed by atoms with Gasteiger partial charge in [0.05, 0.1) is 25.5 Å². The summed E-state index contributed by atoms with van der Waals surface area (Å²) in [5, 5.41) is 5.74. The van der Waals surface area contributed by atoms with Crippen molar-refractivity contribution in [2.45, 2.75) is 25.9 Å². The molecule has 0 bridgehead atoms. The van der Waals surface area contributed by atoms with Gasteiger partial charge in [0, 0.05) is 42.3 Å². The first-order valence-electron chi connectivity index (χ1n) is 8.16. The van der Waals surface area contributed by atoms with E-state index < -0.39 is 0 Å². The number of aromatic nitrogens is 1. The van der Waals surface area contributed by atoms with Crippen LogP contribution in [-0.2, 0) is 25.9 Å². The third kappa shape index (κ3) is 2.87. The number of nitrogens with zero attached hydrogens (tertiary/aromatic N) is 1. The molecule has 0 aliphatic carbocycles. The normalized spacial score (nSPS) is 14.3. The van der Waals surface area contributed by atoms with Gasteiger partial charge in [-0.2, -0.15) is 0 Å². The van der Waals surface area contributed by atoms with Crippen molar-refractivity contribution in [3.05, 3.63) is 52.8 Å². The minimum atomic E-state index is -0.219. The van der Waals surface area contributed by atoms with Crippen molar-refractivity contribution in [2.24, 2.45) is 0 Å². The average molecular weight is 325 g/mol. The predicted molar refractivity (Wildman–Crippen MR) is 88.2 cm³/mol. The number of pyridine rings is 1. The van der Waals surface area contributed by atoms with E-state index in [2.05, 4.69) is 21.7 Å². The highest BCUT2D eigenvalue weighted by Crippen LogP contribution is 2.40. The van der Waals surface area contributed by atoms with Crippen molar-refractivity contribution >= 4 is 6.03 Å². The van der Waals surface area contributed by atoms with Crippen LogP contribution in [0.3, 0.4) is 0 Å². The summed E-state index contributed by atoms with van der Waals surface area (Å²) in [7, 11) is 0. The standard InChI is InChI=1S/C18H19N3O3/c22-18(20-10-13-3-1-2-6-19-13)21-11-15-14-5-8-23-16(14)9-12-4-7-24-17(12)15/h1-3,6,9H,4-5,7-8,10-11H2,(H2,20,21,22). The van der Waals surface area contributed by atoms with Gasteiger partial charge in [0.15, 0.2) is 0 Å². The summed E-state index contributed by atoms with van der Waals surface area (Å²) >= 11 is 0. The first kappa shape index (κ1) is 14.8. The minimum Gasteiger partial charge on any atom is -0.493 e. The second-order valence-corrected chi connectivity index (χ2v) is 5.87. The van der Waals surface area contributed by atoms with Gasteiger partial charge in [0.25, 0.3) is 0 Å². The van der Waals surface area contributed by atoms with Gasteiger partial charge in [-0.25, -0.2) is 4.79 Å². The lowest BCUT2D eigenvalue weighted by molar-refractivity contribution is 0.240. The van der Waals surface area contributed by atoms with Crippen LogP contribution >= 0.6 is 0 Å². The summed E-state index contributed by atoms with van der Waals surface area (Å²) in [6.45, 7) is 2.22. The number of fused-ring (bicyclic) bond motifs is 2. The van der Waals surface area contributed by atoms with E-state index in [1.54, 1.807) is 6.20 Å². The number of ether oxygens (including phenoxy) is 2. The van der Waals surface area contributed by atoms with Crippen LogP contribution in [0, 0.1) is 0 Å². The van der Waals surface area contributed by atoms with Gasteiger partial charge in [-0.3, -0.25) is 4.98 Å². The molecule has 2 aliphatic heterocycles. The lowest BCUT2D eigenvalue weighted by Crippen LogP contribution is -2.35. The van der Waals surface area contributed by atoms with Crippen LogP contribution in [0.4, 0.5) is 4.79 Å².